The van der Waals surface area contributed by atoms with Crippen LogP contribution in [0.5, 0.6) is 0 Å². The number of thiophene rings is 1. The Morgan fingerprint density at radius 3 is 2.22 bits per heavy atom. The lowest BCUT2D eigenvalue weighted by atomic mass is 9.81. The molecule has 3 aliphatic carbocycles. The number of rotatable bonds is 5. The third kappa shape index (κ3) is 5.12. The highest BCUT2D eigenvalue weighted by Crippen LogP contribution is 2.42. The molecule has 0 saturated heterocycles. The van der Waals surface area contributed by atoms with E-state index in [0.29, 0.717) is 30.4 Å². The van der Waals surface area contributed by atoms with Crippen LogP contribution in [-0.4, -0.2) is 34.2 Å². The van der Waals surface area contributed by atoms with E-state index in [9.17, 15) is 19.8 Å². The molecule has 1 aromatic heterocycles. The molecule has 1 amide bonds. The highest BCUT2D eigenvalue weighted by Gasteiger charge is 2.37. The summed E-state index contributed by atoms with van der Waals surface area (Å²) in [6, 6.07) is 1.96. The molecule has 3 aliphatic rings. The lowest BCUT2D eigenvalue weighted by Gasteiger charge is -2.38. The summed E-state index contributed by atoms with van der Waals surface area (Å²) in [6.45, 7) is 4.45. The standard InChI is InChI=1S/C26H37NO4S/c1-16-3-7-18(8-4-16)23-15-22(24(32-23)26(30)31)27(20-11-13-21(28)14-12-20)25(29)19-9-5-17(2)6-10-19/h3,7,15-21,28H,4-6,8-14H2,1-2H3,(H,30,31). The van der Waals surface area contributed by atoms with E-state index in [-0.39, 0.29) is 34.8 Å². The van der Waals surface area contributed by atoms with Gasteiger partial charge in [0.15, 0.2) is 0 Å². The molecule has 2 saturated carbocycles. The Labute approximate surface area is 195 Å². The lowest BCUT2D eigenvalue weighted by molar-refractivity contribution is -0.124. The zero-order valence-electron chi connectivity index (χ0n) is 19.3. The summed E-state index contributed by atoms with van der Waals surface area (Å²) in [4.78, 5) is 29.3. The number of aliphatic hydroxyl groups excluding tert-OH is 1. The monoisotopic (exact) mass is 459 g/mol. The number of carbonyl (C=O) groups is 2. The van der Waals surface area contributed by atoms with Gasteiger partial charge in [-0.25, -0.2) is 4.79 Å². The van der Waals surface area contributed by atoms with E-state index in [1.54, 1.807) is 0 Å². The average Bonchev–Trinajstić information content (AvgIpc) is 3.21. The highest BCUT2D eigenvalue weighted by atomic mass is 32.1. The molecule has 4 rings (SSSR count). The fourth-order valence-electron chi connectivity index (χ4n) is 5.63. The molecule has 176 valence electrons. The zero-order valence-corrected chi connectivity index (χ0v) is 20.2. The quantitative estimate of drug-likeness (QED) is 0.531. The van der Waals surface area contributed by atoms with Crippen LogP contribution in [-0.2, 0) is 4.79 Å². The molecule has 0 spiro atoms. The predicted octanol–water partition coefficient (Wildman–Crippen LogP) is 5.98. The second-order valence-electron chi connectivity index (χ2n) is 10.3. The number of anilines is 1. The average molecular weight is 460 g/mol. The van der Waals surface area contributed by atoms with Gasteiger partial charge in [0.1, 0.15) is 4.88 Å². The number of nitrogens with zero attached hydrogens (tertiary/aromatic N) is 1. The molecule has 2 atom stereocenters. The Bertz CT molecular complexity index is 846. The van der Waals surface area contributed by atoms with Crippen molar-refractivity contribution in [2.75, 3.05) is 4.90 Å². The van der Waals surface area contributed by atoms with E-state index in [1.165, 1.54) is 11.3 Å². The van der Waals surface area contributed by atoms with Gasteiger partial charge in [0, 0.05) is 22.8 Å². The van der Waals surface area contributed by atoms with Crippen LogP contribution in [0, 0.1) is 17.8 Å². The number of aromatic carboxylic acids is 1. The van der Waals surface area contributed by atoms with Crippen LogP contribution in [0.4, 0.5) is 5.69 Å². The van der Waals surface area contributed by atoms with E-state index in [2.05, 4.69) is 26.0 Å². The van der Waals surface area contributed by atoms with Crippen molar-refractivity contribution in [3.05, 3.63) is 28.0 Å². The molecule has 2 N–H and O–H groups in total. The van der Waals surface area contributed by atoms with Crippen molar-refractivity contribution in [1.82, 2.24) is 0 Å². The van der Waals surface area contributed by atoms with Crippen LogP contribution in [0.15, 0.2) is 18.2 Å². The molecule has 1 heterocycles. The number of hydrogen-bond donors (Lipinski definition) is 2. The van der Waals surface area contributed by atoms with E-state index in [1.807, 2.05) is 11.0 Å². The van der Waals surface area contributed by atoms with Crippen molar-refractivity contribution in [1.29, 1.82) is 0 Å². The maximum atomic E-state index is 13.9. The first-order valence-corrected chi connectivity index (χ1v) is 13.2. The van der Waals surface area contributed by atoms with Gasteiger partial charge in [-0.2, -0.15) is 0 Å². The second kappa shape index (κ2) is 10.1. The van der Waals surface area contributed by atoms with Crippen molar-refractivity contribution in [3.63, 3.8) is 0 Å². The smallest absolute Gasteiger partial charge is 0.348 e. The van der Waals surface area contributed by atoms with Gasteiger partial charge < -0.3 is 15.1 Å². The lowest BCUT2D eigenvalue weighted by Crippen LogP contribution is -2.47. The minimum absolute atomic E-state index is 0.0292. The van der Waals surface area contributed by atoms with Crippen LogP contribution >= 0.6 is 11.3 Å². The molecule has 32 heavy (non-hydrogen) atoms. The summed E-state index contributed by atoms with van der Waals surface area (Å²) in [7, 11) is 0. The fraction of sp³-hybridized carbons (Fsp3) is 0.692. The Morgan fingerprint density at radius 1 is 0.938 bits per heavy atom. The predicted molar refractivity (Wildman–Crippen MR) is 128 cm³/mol. The summed E-state index contributed by atoms with van der Waals surface area (Å²) in [5.41, 5.74) is 0.592. The first-order valence-electron chi connectivity index (χ1n) is 12.4. The van der Waals surface area contributed by atoms with Crippen molar-refractivity contribution < 1.29 is 19.8 Å². The molecule has 0 radical (unpaired) electrons. The number of allylic oxidation sites excluding steroid dienone is 2. The van der Waals surface area contributed by atoms with Gasteiger partial charge in [-0.05, 0) is 82.1 Å². The first-order chi connectivity index (χ1) is 15.3. The minimum Gasteiger partial charge on any atom is -0.477 e. The number of amides is 1. The van der Waals surface area contributed by atoms with E-state index >= 15 is 0 Å². The maximum Gasteiger partial charge on any atom is 0.348 e. The van der Waals surface area contributed by atoms with Crippen LogP contribution in [0.2, 0.25) is 0 Å². The third-order valence-electron chi connectivity index (χ3n) is 7.79. The molecule has 1 aromatic rings. The summed E-state index contributed by atoms with van der Waals surface area (Å²) >= 11 is 1.34. The van der Waals surface area contributed by atoms with Gasteiger partial charge in [0.2, 0.25) is 5.91 Å². The molecule has 2 unspecified atom stereocenters. The highest BCUT2D eigenvalue weighted by molar-refractivity contribution is 7.14. The van der Waals surface area contributed by atoms with Crippen LogP contribution in [0.3, 0.4) is 0 Å². The Morgan fingerprint density at radius 2 is 1.62 bits per heavy atom. The normalized spacial score (nSPS) is 33.1. The third-order valence-corrected chi connectivity index (χ3v) is 9.03. The van der Waals surface area contributed by atoms with E-state index in [4.69, 9.17) is 0 Å². The molecular formula is C26H37NO4S. The molecule has 6 heteroatoms. The topological polar surface area (TPSA) is 77.8 Å². The Balaban J connectivity index is 1.68. The Hall–Kier alpha value is -1.66. The van der Waals surface area contributed by atoms with E-state index in [0.717, 1.165) is 56.2 Å². The molecule has 0 aliphatic heterocycles. The van der Waals surface area contributed by atoms with Crippen LogP contribution in [0.1, 0.15) is 98.5 Å². The zero-order chi connectivity index (χ0) is 22.8. The number of aliphatic hydroxyl groups is 1. The van der Waals surface area contributed by atoms with E-state index < -0.39 is 5.97 Å². The molecular weight excluding hydrogens is 422 g/mol. The van der Waals surface area contributed by atoms with Gasteiger partial charge in [0.05, 0.1) is 11.8 Å². The summed E-state index contributed by atoms with van der Waals surface area (Å²) in [5, 5.41) is 20.1. The number of carboxylic acid groups (broad SMARTS) is 1. The van der Waals surface area contributed by atoms with Crippen molar-refractivity contribution in [2.45, 2.75) is 96.1 Å². The second-order valence-corrected chi connectivity index (χ2v) is 11.4. The molecule has 2 fully saturated rings. The SMILES string of the molecule is CC1C=CC(c2cc(N(C(=O)C3CCC(C)CC3)C3CCC(O)CC3)c(C(=O)O)s2)CC1. The number of carbonyl (C=O) groups excluding carboxylic acids is 1. The Kier molecular flexibility index (Phi) is 7.40. The van der Waals surface area contributed by atoms with Crippen molar-refractivity contribution >= 4 is 28.9 Å². The van der Waals surface area contributed by atoms with Crippen molar-refractivity contribution in [3.8, 4) is 0 Å². The number of hydrogen-bond acceptors (Lipinski definition) is 4. The number of carboxylic acids is 1. The van der Waals surface area contributed by atoms with Gasteiger partial charge in [-0.1, -0.05) is 26.0 Å². The molecule has 0 bridgehead atoms. The minimum atomic E-state index is -0.949. The summed E-state index contributed by atoms with van der Waals surface area (Å²) in [5.74, 6) is 0.556. The fourth-order valence-corrected chi connectivity index (χ4v) is 6.73. The van der Waals surface area contributed by atoms with Crippen molar-refractivity contribution in [2.24, 2.45) is 17.8 Å². The summed E-state index contributed by atoms with van der Waals surface area (Å²) < 4.78 is 0. The maximum absolute atomic E-state index is 13.9. The summed E-state index contributed by atoms with van der Waals surface area (Å²) in [6.07, 6.45) is 12.9. The molecule has 5 nitrogen and oxygen atoms in total. The largest absolute Gasteiger partial charge is 0.477 e. The van der Waals surface area contributed by atoms with Crippen LogP contribution < -0.4 is 4.90 Å². The van der Waals surface area contributed by atoms with Gasteiger partial charge in [-0.15, -0.1) is 11.3 Å². The first kappa shape index (κ1) is 23.5. The molecule has 0 aromatic carbocycles. The van der Waals surface area contributed by atoms with Crippen LogP contribution in [0.25, 0.3) is 0 Å². The van der Waals surface area contributed by atoms with Gasteiger partial charge in [-0.3, -0.25) is 4.79 Å². The van der Waals surface area contributed by atoms with Gasteiger partial charge >= 0.3 is 5.97 Å². The van der Waals surface area contributed by atoms with Gasteiger partial charge in [0.25, 0.3) is 0 Å².